The van der Waals surface area contributed by atoms with Crippen LogP contribution < -0.4 is 10.1 Å². The summed E-state index contributed by atoms with van der Waals surface area (Å²) in [5.74, 6) is 0.737. The van der Waals surface area contributed by atoms with E-state index < -0.39 is 4.92 Å². The van der Waals surface area contributed by atoms with Crippen LogP contribution in [0.4, 0.5) is 5.69 Å². The van der Waals surface area contributed by atoms with Gasteiger partial charge in [0.1, 0.15) is 11.4 Å². The van der Waals surface area contributed by atoms with Crippen molar-refractivity contribution in [3.05, 3.63) is 45.6 Å². The number of benzene rings is 1. The zero-order valence-electron chi connectivity index (χ0n) is 12.3. The first-order valence-electron chi connectivity index (χ1n) is 6.69. The van der Waals surface area contributed by atoms with Gasteiger partial charge in [0.05, 0.1) is 4.92 Å². The van der Waals surface area contributed by atoms with Crippen LogP contribution >= 0.6 is 0 Å². The Morgan fingerprint density at radius 1 is 1.43 bits per heavy atom. The highest BCUT2D eigenvalue weighted by Crippen LogP contribution is 2.35. The first kappa shape index (κ1) is 15.0. The fourth-order valence-corrected chi connectivity index (χ4v) is 2.13. The number of hydrogen-bond donors (Lipinski definition) is 1. The molecule has 1 N–H and O–H groups in total. The van der Waals surface area contributed by atoms with Gasteiger partial charge in [0.15, 0.2) is 0 Å². The summed E-state index contributed by atoms with van der Waals surface area (Å²) < 4.78 is 7.20. The van der Waals surface area contributed by atoms with E-state index in [1.807, 2.05) is 32.2 Å². The van der Waals surface area contributed by atoms with E-state index in [4.69, 9.17) is 4.74 Å². The maximum absolute atomic E-state index is 11.3. The van der Waals surface area contributed by atoms with E-state index in [9.17, 15) is 10.1 Å². The molecule has 1 aromatic heterocycles. The zero-order valence-corrected chi connectivity index (χ0v) is 12.3. The van der Waals surface area contributed by atoms with Crippen molar-refractivity contribution >= 4 is 5.69 Å². The van der Waals surface area contributed by atoms with Gasteiger partial charge < -0.3 is 10.1 Å². The topological polar surface area (TPSA) is 82.2 Å². The lowest BCUT2D eigenvalue weighted by atomic mass is 10.2. The van der Waals surface area contributed by atoms with Crippen molar-refractivity contribution in [1.82, 2.24) is 15.1 Å². The van der Waals surface area contributed by atoms with Crippen molar-refractivity contribution in [3.63, 3.8) is 0 Å². The Kier molecular flexibility index (Phi) is 4.54. The van der Waals surface area contributed by atoms with Crippen LogP contribution in [0.25, 0.3) is 0 Å². The Labute approximate surface area is 122 Å². The standard InChI is InChI=1S/C14H18N4O3/c1-4-11-13(18(19)20)14(17(3)16-11)21-12-8-6-5-7-10(12)9-15-2/h5-8,15H,4,9H2,1-3H3. The predicted octanol–water partition coefficient (Wildman–Crippen LogP) is 2.40. The molecule has 0 fully saturated rings. The minimum Gasteiger partial charge on any atom is -0.434 e. The SMILES string of the molecule is CCc1nn(C)c(Oc2ccccc2CNC)c1[N+](=O)[O-]. The Balaban J connectivity index is 2.45. The summed E-state index contributed by atoms with van der Waals surface area (Å²) in [5.41, 5.74) is 1.27. The van der Waals surface area contributed by atoms with E-state index in [0.29, 0.717) is 24.4 Å². The molecule has 0 spiro atoms. The van der Waals surface area contributed by atoms with Crippen molar-refractivity contribution in [2.75, 3.05) is 7.05 Å². The van der Waals surface area contributed by atoms with Crippen LogP contribution in [-0.2, 0) is 20.0 Å². The number of para-hydroxylation sites is 1. The molecule has 2 aromatic rings. The Bertz CT molecular complexity index is 652. The van der Waals surface area contributed by atoms with Crippen molar-refractivity contribution in [2.24, 2.45) is 7.05 Å². The lowest BCUT2D eigenvalue weighted by Gasteiger charge is -2.10. The van der Waals surface area contributed by atoms with E-state index in [2.05, 4.69) is 10.4 Å². The van der Waals surface area contributed by atoms with Crippen LogP contribution in [0, 0.1) is 10.1 Å². The highest BCUT2D eigenvalue weighted by Gasteiger charge is 2.28. The number of rotatable bonds is 6. The van der Waals surface area contributed by atoms with Gasteiger partial charge in [-0.15, -0.1) is 0 Å². The van der Waals surface area contributed by atoms with Gasteiger partial charge in [0, 0.05) is 19.2 Å². The third kappa shape index (κ3) is 3.03. The molecule has 7 heteroatoms. The fraction of sp³-hybridized carbons (Fsp3) is 0.357. The first-order chi connectivity index (χ1) is 10.1. The molecule has 0 aliphatic heterocycles. The smallest absolute Gasteiger partial charge is 0.353 e. The zero-order chi connectivity index (χ0) is 15.4. The molecular weight excluding hydrogens is 272 g/mol. The van der Waals surface area contributed by atoms with Crippen LogP contribution in [0.15, 0.2) is 24.3 Å². The average molecular weight is 290 g/mol. The molecule has 0 saturated heterocycles. The number of hydrogen-bond acceptors (Lipinski definition) is 5. The molecule has 7 nitrogen and oxygen atoms in total. The molecule has 21 heavy (non-hydrogen) atoms. The Morgan fingerprint density at radius 3 is 2.76 bits per heavy atom. The fourth-order valence-electron chi connectivity index (χ4n) is 2.13. The van der Waals surface area contributed by atoms with Gasteiger partial charge in [-0.1, -0.05) is 25.1 Å². The first-order valence-corrected chi connectivity index (χ1v) is 6.69. The van der Waals surface area contributed by atoms with Crippen molar-refractivity contribution in [1.29, 1.82) is 0 Å². The van der Waals surface area contributed by atoms with Crippen LogP contribution in [0.1, 0.15) is 18.2 Å². The third-order valence-electron chi connectivity index (χ3n) is 3.10. The minimum absolute atomic E-state index is 0.0701. The highest BCUT2D eigenvalue weighted by molar-refractivity contribution is 5.49. The quantitative estimate of drug-likeness (QED) is 0.652. The Hall–Kier alpha value is -2.41. The summed E-state index contributed by atoms with van der Waals surface area (Å²) in [6.07, 6.45) is 0.478. The molecule has 0 aliphatic rings. The van der Waals surface area contributed by atoms with Crippen molar-refractivity contribution < 1.29 is 9.66 Å². The number of nitrogens with one attached hydrogen (secondary N) is 1. The van der Waals surface area contributed by atoms with Gasteiger partial charge in [-0.05, 0) is 19.5 Å². The second kappa shape index (κ2) is 6.36. The van der Waals surface area contributed by atoms with Gasteiger partial charge in [-0.3, -0.25) is 10.1 Å². The summed E-state index contributed by atoms with van der Waals surface area (Å²) in [6.45, 7) is 2.44. The summed E-state index contributed by atoms with van der Waals surface area (Å²) in [7, 11) is 3.47. The van der Waals surface area contributed by atoms with E-state index in [1.165, 1.54) is 4.68 Å². The lowest BCUT2D eigenvalue weighted by molar-refractivity contribution is -0.386. The largest absolute Gasteiger partial charge is 0.434 e. The van der Waals surface area contributed by atoms with Crippen LogP contribution in [0.5, 0.6) is 11.6 Å². The predicted molar refractivity (Wildman–Crippen MR) is 78.5 cm³/mol. The normalized spacial score (nSPS) is 10.6. The lowest BCUT2D eigenvalue weighted by Crippen LogP contribution is -2.07. The summed E-state index contributed by atoms with van der Waals surface area (Å²) >= 11 is 0. The number of nitro groups is 1. The highest BCUT2D eigenvalue weighted by atomic mass is 16.6. The summed E-state index contributed by atoms with van der Waals surface area (Å²) in [4.78, 5) is 10.8. The number of aryl methyl sites for hydroxylation is 2. The second-order valence-electron chi connectivity index (χ2n) is 4.57. The summed E-state index contributed by atoms with van der Waals surface area (Å²) in [5, 5.41) is 18.5. The number of aromatic nitrogens is 2. The molecule has 0 bridgehead atoms. The number of nitrogens with zero attached hydrogens (tertiary/aromatic N) is 3. The van der Waals surface area contributed by atoms with E-state index >= 15 is 0 Å². The molecule has 1 aromatic carbocycles. The maximum atomic E-state index is 11.3. The molecule has 1 heterocycles. The maximum Gasteiger partial charge on any atom is 0.353 e. The van der Waals surface area contributed by atoms with Gasteiger partial charge in [0.2, 0.25) is 0 Å². The van der Waals surface area contributed by atoms with Gasteiger partial charge >= 0.3 is 5.69 Å². The van der Waals surface area contributed by atoms with E-state index in [1.54, 1.807) is 13.1 Å². The van der Waals surface area contributed by atoms with Crippen molar-refractivity contribution in [3.8, 4) is 11.6 Å². The van der Waals surface area contributed by atoms with Crippen LogP contribution in [0.2, 0.25) is 0 Å². The molecular formula is C14H18N4O3. The average Bonchev–Trinajstić information content (AvgIpc) is 2.78. The minimum atomic E-state index is -0.443. The molecule has 0 amide bonds. The van der Waals surface area contributed by atoms with E-state index in [-0.39, 0.29) is 11.6 Å². The van der Waals surface area contributed by atoms with E-state index in [0.717, 1.165) is 5.56 Å². The van der Waals surface area contributed by atoms with Crippen molar-refractivity contribution in [2.45, 2.75) is 19.9 Å². The Morgan fingerprint density at radius 2 is 2.14 bits per heavy atom. The molecule has 112 valence electrons. The summed E-state index contributed by atoms with van der Waals surface area (Å²) in [6, 6.07) is 7.43. The third-order valence-corrected chi connectivity index (χ3v) is 3.10. The molecule has 0 saturated carbocycles. The number of ether oxygens (including phenoxy) is 1. The second-order valence-corrected chi connectivity index (χ2v) is 4.57. The molecule has 0 atom stereocenters. The van der Waals surface area contributed by atoms with Gasteiger partial charge in [-0.2, -0.15) is 5.10 Å². The molecule has 2 rings (SSSR count). The molecule has 0 radical (unpaired) electrons. The van der Waals surface area contributed by atoms with Crippen LogP contribution in [-0.4, -0.2) is 21.8 Å². The monoisotopic (exact) mass is 290 g/mol. The van der Waals surface area contributed by atoms with Crippen LogP contribution in [0.3, 0.4) is 0 Å². The van der Waals surface area contributed by atoms with Gasteiger partial charge in [0.25, 0.3) is 5.88 Å². The molecule has 0 aliphatic carbocycles. The van der Waals surface area contributed by atoms with Gasteiger partial charge in [-0.25, -0.2) is 4.68 Å². The molecule has 0 unspecified atom stereocenters.